The van der Waals surface area contributed by atoms with Gasteiger partial charge < -0.3 is 20.1 Å². The van der Waals surface area contributed by atoms with Gasteiger partial charge in [-0.25, -0.2) is 9.78 Å². The fourth-order valence-corrected chi connectivity index (χ4v) is 4.22. The summed E-state index contributed by atoms with van der Waals surface area (Å²) in [5.41, 5.74) is 0.884. The van der Waals surface area contributed by atoms with Crippen LogP contribution in [0.4, 0.5) is 19.0 Å². The molecule has 2 aliphatic heterocycles. The molecule has 2 aromatic heterocycles. The van der Waals surface area contributed by atoms with Gasteiger partial charge in [-0.1, -0.05) is 6.07 Å². The van der Waals surface area contributed by atoms with Crippen LogP contribution in [0.25, 0.3) is 0 Å². The molecular weight excluding hydrogens is 449 g/mol. The average molecular weight is 468 g/mol. The number of aromatic nitrogens is 1. The predicted octanol–water partition coefficient (Wildman–Crippen LogP) is 3.13. The van der Waals surface area contributed by atoms with E-state index in [1.165, 1.54) is 11.3 Å². The summed E-state index contributed by atoms with van der Waals surface area (Å²) >= 11 is 1.54. The van der Waals surface area contributed by atoms with Gasteiger partial charge in [-0.3, -0.25) is 4.79 Å². The van der Waals surface area contributed by atoms with Crippen LogP contribution in [0.1, 0.15) is 28.9 Å². The summed E-state index contributed by atoms with van der Waals surface area (Å²) < 4.78 is 37.8. The number of amides is 1. The van der Waals surface area contributed by atoms with E-state index in [-0.39, 0.29) is 17.6 Å². The zero-order chi connectivity index (χ0) is 23.4. The lowest BCUT2D eigenvalue weighted by molar-refractivity contribution is -0.192. The largest absolute Gasteiger partial charge is 0.490 e. The Balaban J connectivity index is 0.000000360. The Hall–Kier alpha value is -3.17. The van der Waals surface area contributed by atoms with Crippen molar-refractivity contribution in [3.8, 4) is 6.07 Å². The van der Waals surface area contributed by atoms with E-state index >= 15 is 0 Å². The summed E-state index contributed by atoms with van der Waals surface area (Å²) in [6.45, 7) is 1.94. The van der Waals surface area contributed by atoms with Gasteiger partial charge in [-0.2, -0.15) is 29.8 Å². The molecule has 4 heterocycles. The first-order valence-electron chi connectivity index (χ1n) is 9.51. The maximum atomic E-state index is 12.5. The molecule has 32 heavy (non-hydrogen) atoms. The Morgan fingerprint density at radius 1 is 1.38 bits per heavy atom. The second-order valence-electron chi connectivity index (χ2n) is 7.35. The van der Waals surface area contributed by atoms with Crippen molar-refractivity contribution in [1.29, 1.82) is 5.26 Å². The van der Waals surface area contributed by atoms with Crippen LogP contribution in [-0.4, -0.2) is 64.4 Å². The first-order valence-corrected chi connectivity index (χ1v) is 10.5. The highest BCUT2D eigenvalue weighted by molar-refractivity contribution is 7.08. The number of rotatable bonds is 3. The quantitative estimate of drug-likeness (QED) is 0.711. The lowest BCUT2D eigenvalue weighted by atomic mass is 9.97. The first-order chi connectivity index (χ1) is 15.1. The molecule has 2 aromatic rings. The number of nitrogens with zero attached hydrogens (tertiary/aromatic N) is 3. The van der Waals surface area contributed by atoms with Crippen molar-refractivity contribution < 1.29 is 32.6 Å². The number of thiophene rings is 1. The van der Waals surface area contributed by atoms with E-state index in [4.69, 9.17) is 19.9 Å². The molecule has 2 fully saturated rings. The molecule has 8 nitrogen and oxygen atoms in total. The Labute approximate surface area is 185 Å². The maximum Gasteiger partial charge on any atom is 0.490 e. The third-order valence-electron chi connectivity index (χ3n) is 5.04. The van der Waals surface area contributed by atoms with E-state index in [0.717, 1.165) is 24.9 Å². The summed E-state index contributed by atoms with van der Waals surface area (Å²) in [4.78, 5) is 27.6. The van der Waals surface area contributed by atoms with E-state index in [9.17, 15) is 18.0 Å². The SMILES string of the molecule is N#Cc1cccc(NC2COC3(CCN(C(=O)c4ccsc4)C3)C2)n1.O=C(O)C(F)(F)F. The van der Waals surface area contributed by atoms with Gasteiger partial charge in [0.05, 0.1) is 30.4 Å². The highest BCUT2D eigenvalue weighted by atomic mass is 32.1. The summed E-state index contributed by atoms with van der Waals surface area (Å²) in [6, 6.07) is 9.40. The molecular formula is C20H19F3N4O4S. The number of carbonyl (C=O) groups excluding carboxylic acids is 1. The smallest absolute Gasteiger partial charge is 0.475 e. The Morgan fingerprint density at radius 3 is 2.75 bits per heavy atom. The van der Waals surface area contributed by atoms with Gasteiger partial charge in [-0.05, 0) is 30.0 Å². The Morgan fingerprint density at radius 2 is 2.12 bits per heavy atom. The average Bonchev–Trinajstić information content (AvgIpc) is 3.50. The summed E-state index contributed by atoms with van der Waals surface area (Å²) in [7, 11) is 0. The number of pyridine rings is 1. The first kappa shape index (κ1) is 23.5. The lowest BCUT2D eigenvalue weighted by Gasteiger charge is -2.23. The molecule has 0 bridgehead atoms. The summed E-state index contributed by atoms with van der Waals surface area (Å²) in [6.07, 6.45) is -3.40. The number of halogens is 3. The van der Waals surface area contributed by atoms with Crippen molar-refractivity contribution in [2.24, 2.45) is 0 Å². The molecule has 0 aromatic carbocycles. The van der Waals surface area contributed by atoms with E-state index in [1.807, 2.05) is 39.9 Å². The van der Waals surface area contributed by atoms with Crippen LogP contribution >= 0.6 is 11.3 Å². The fourth-order valence-electron chi connectivity index (χ4n) is 3.59. The van der Waals surface area contributed by atoms with Crippen LogP contribution in [0.2, 0.25) is 0 Å². The van der Waals surface area contributed by atoms with Crippen molar-refractivity contribution in [2.45, 2.75) is 30.7 Å². The van der Waals surface area contributed by atoms with Crippen LogP contribution in [0, 0.1) is 11.3 Å². The zero-order valence-electron chi connectivity index (χ0n) is 16.6. The molecule has 12 heteroatoms. The van der Waals surface area contributed by atoms with Crippen molar-refractivity contribution in [2.75, 3.05) is 25.0 Å². The van der Waals surface area contributed by atoms with E-state index in [0.29, 0.717) is 24.7 Å². The number of hydrogen-bond donors (Lipinski definition) is 2. The lowest BCUT2D eigenvalue weighted by Crippen LogP contribution is -2.36. The molecule has 0 saturated carbocycles. The summed E-state index contributed by atoms with van der Waals surface area (Å²) in [5.74, 6) is -1.98. The molecule has 1 spiro atoms. The minimum Gasteiger partial charge on any atom is -0.475 e. The molecule has 2 atom stereocenters. The molecule has 170 valence electrons. The number of hydrogen-bond acceptors (Lipinski definition) is 7. The molecule has 2 saturated heterocycles. The maximum absolute atomic E-state index is 12.5. The number of ether oxygens (including phenoxy) is 1. The highest BCUT2D eigenvalue weighted by Crippen LogP contribution is 2.36. The molecule has 1 amide bonds. The van der Waals surface area contributed by atoms with Gasteiger partial charge in [0.1, 0.15) is 17.6 Å². The van der Waals surface area contributed by atoms with Crippen LogP contribution in [-0.2, 0) is 9.53 Å². The van der Waals surface area contributed by atoms with Gasteiger partial charge in [-0.15, -0.1) is 0 Å². The minimum absolute atomic E-state index is 0.0847. The van der Waals surface area contributed by atoms with Gasteiger partial charge in [0, 0.05) is 18.3 Å². The van der Waals surface area contributed by atoms with E-state index in [2.05, 4.69) is 10.3 Å². The number of aliphatic carboxylic acids is 1. The Kier molecular flexibility index (Phi) is 7.00. The number of alkyl halides is 3. The van der Waals surface area contributed by atoms with Gasteiger partial charge >= 0.3 is 12.1 Å². The van der Waals surface area contributed by atoms with Crippen molar-refractivity contribution in [3.05, 3.63) is 46.3 Å². The number of nitrogens with one attached hydrogen (secondary N) is 1. The summed E-state index contributed by atoms with van der Waals surface area (Å²) in [5, 5.41) is 23.2. The number of carbonyl (C=O) groups is 2. The number of nitriles is 1. The second kappa shape index (κ2) is 9.54. The van der Waals surface area contributed by atoms with Crippen LogP contribution in [0.3, 0.4) is 0 Å². The number of anilines is 1. The number of carboxylic acids is 1. The third-order valence-corrected chi connectivity index (χ3v) is 5.72. The number of carboxylic acid groups (broad SMARTS) is 1. The van der Waals surface area contributed by atoms with Gasteiger partial charge in [0.2, 0.25) is 0 Å². The molecule has 4 rings (SSSR count). The molecule has 0 radical (unpaired) electrons. The highest BCUT2D eigenvalue weighted by Gasteiger charge is 2.47. The van der Waals surface area contributed by atoms with Crippen molar-refractivity contribution in [1.82, 2.24) is 9.88 Å². The topological polar surface area (TPSA) is 116 Å². The van der Waals surface area contributed by atoms with Crippen molar-refractivity contribution in [3.63, 3.8) is 0 Å². The normalized spacial score (nSPS) is 22.2. The van der Waals surface area contributed by atoms with Gasteiger partial charge in [0.15, 0.2) is 0 Å². The second-order valence-corrected chi connectivity index (χ2v) is 8.13. The standard InChI is InChI=1S/C18H18N4O2S.C2HF3O2/c19-9-14-2-1-3-16(20-14)21-15-8-18(24-10-15)5-6-22(12-18)17(23)13-4-7-25-11-13;3-2(4,5)1(6)7/h1-4,7,11,15H,5-6,8,10,12H2,(H,20,21);(H,6,7). The molecule has 2 N–H and O–H groups in total. The predicted molar refractivity (Wildman–Crippen MR) is 108 cm³/mol. The molecule has 2 aliphatic rings. The monoisotopic (exact) mass is 468 g/mol. The van der Waals surface area contributed by atoms with Gasteiger partial charge in [0.25, 0.3) is 5.91 Å². The molecule has 0 aliphatic carbocycles. The van der Waals surface area contributed by atoms with Crippen LogP contribution < -0.4 is 5.32 Å². The van der Waals surface area contributed by atoms with E-state index in [1.54, 1.807) is 6.07 Å². The Bertz CT molecular complexity index is 1010. The van der Waals surface area contributed by atoms with E-state index < -0.39 is 12.1 Å². The third kappa shape index (κ3) is 5.74. The minimum atomic E-state index is -5.08. The van der Waals surface area contributed by atoms with Crippen LogP contribution in [0.5, 0.6) is 0 Å². The molecule has 2 unspecified atom stereocenters. The van der Waals surface area contributed by atoms with Crippen molar-refractivity contribution >= 4 is 29.0 Å². The zero-order valence-corrected chi connectivity index (χ0v) is 17.4. The number of likely N-dealkylation sites (tertiary alicyclic amines) is 1. The van der Waals surface area contributed by atoms with Crippen LogP contribution in [0.15, 0.2) is 35.0 Å². The fraction of sp³-hybridized carbons (Fsp3) is 0.400.